The maximum Gasteiger partial charge on any atom is 0.259 e. The van der Waals surface area contributed by atoms with Crippen LogP contribution in [0.4, 0.5) is 5.69 Å². The minimum absolute atomic E-state index is 0.141. The average Bonchev–Trinajstić information content (AvgIpc) is 2.66. The molecule has 0 aliphatic rings. The Hall–Kier alpha value is -2.86. The van der Waals surface area contributed by atoms with E-state index in [9.17, 15) is 4.79 Å². The summed E-state index contributed by atoms with van der Waals surface area (Å²) in [6, 6.07) is 19.6. The molecule has 26 heavy (non-hydrogen) atoms. The number of nitrogens with one attached hydrogen (secondary N) is 2. The Bertz CT molecular complexity index is 957. The molecule has 0 radical (unpaired) electrons. The predicted octanol–water partition coefficient (Wildman–Crippen LogP) is 4.17. The molecule has 3 rings (SSSR count). The van der Waals surface area contributed by atoms with E-state index in [0.717, 1.165) is 32.2 Å². The Labute approximate surface area is 160 Å². The van der Waals surface area contributed by atoms with E-state index in [2.05, 4.69) is 37.8 Å². The number of anilines is 1. The number of rotatable bonds is 6. The Morgan fingerprint density at radius 1 is 1.12 bits per heavy atom. The molecule has 0 atom stereocenters. The zero-order valence-corrected chi connectivity index (χ0v) is 15.8. The van der Waals surface area contributed by atoms with Crippen LogP contribution >= 0.6 is 15.9 Å². The van der Waals surface area contributed by atoms with Gasteiger partial charge in [0.15, 0.2) is 0 Å². The van der Waals surface area contributed by atoms with Crippen LogP contribution in [-0.4, -0.2) is 25.8 Å². The number of benzene rings is 3. The van der Waals surface area contributed by atoms with Gasteiger partial charge < -0.3 is 10.1 Å². The second-order valence-corrected chi connectivity index (χ2v) is 6.46. The molecule has 2 N–H and O–H groups in total. The third-order valence-corrected chi connectivity index (χ3v) is 4.40. The van der Waals surface area contributed by atoms with Crippen LogP contribution in [-0.2, 0) is 4.79 Å². The minimum Gasteiger partial charge on any atom is -0.496 e. The van der Waals surface area contributed by atoms with Gasteiger partial charge in [0.1, 0.15) is 5.75 Å². The van der Waals surface area contributed by atoms with Crippen molar-refractivity contribution < 1.29 is 9.53 Å². The Balaban J connectivity index is 1.52. The fraction of sp³-hybridized carbons (Fsp3) is 0.100. The zero-order chi connectivity index (χ0) is 18.4. The molecule has 0 unspecified atom stereocenters. The summed E-state index contributed by atoms with van der Waals surface area (Å²) in [5, 5.41) is 9.36. The number of methoxy groups -OCH3 is 1. The van der Waals surface area contributed by atoms with Crippen LogP contribution in [0.15, 0.2) is 70.2 Å². The zero-order valence-electron chi connectivity index (χ0n) is 14.2. The van der Waals surface area contributed by atoms with Crippen molar-refractivity contribution >= 4 is 44.5 Å². The lowest BCUT2D eigenvalue weighted by Crippen LogP contribution is -2.25. The highest BCUT2D eigenvalue weighted by atomic mass is 79.9. The number of nitrogens with zero attached hydrogens (tertiary/aromatic N) is 1. The van der Waals surface area contributed by atoms with E-state index in [4.69, 9.17) is 4.74 Å². The molecular formula is C20H18BrN3O2. The minimum atomic E-state index is -0.220. The molecule has 0 heterocycles. The van der Waals surface area contributed by atoms with Crippen molar-refractivity contribution in [3.63, 3.8) is 0 Å². The van der Waals surface area contributed by atoms with Crippen LogP contribution in [0.1, 0.15) is 5.56 Å². The predicted molar refractivity (Wildman–Crippen MR) is 109 cm³/mol. The maximum atomic E-state index is 11.9. The molecule has 0 saturated carbocycles. The van der Waals surface area contributed by atoms with Crippen LogP contribution in [0.5, 0.6) is 5.75 Å². The second-order valence-electron chi connectivity index (χ2n) is 5.60. The van der Waals surface area contributed by atoms with E-state index in [1.54, 1.807) is 13.3 Å². The van der Waals surface area contributed by atoms with Crippen molar-refractivity contribution in [3.8, 4) is 5.75 Å². The fourth-order valence-corrected chi connectivity index (χ4v) is 3.02. The van der Waals surface area contributed by atoms with Gasteiger partial charge >= 0.3 is 0 Å². The van der Waals surface area contributed by atoms with Crippen molar-refractivity contribution in [2.45, 2.75) is 0 Å². The molecule has 0 bridgehead atoms. The van der Waals surface area contributed by atoms with E-state index >= 15 is 0 Å². The summed E-state index contributed by atoms with van der Waals surface area (Å²) in [4.78, 5) is 11.9. The van der Waals surface area contributed by atoms with Gasteiger partial charge in [0.05, 0.1) is 24.3 Å². The van der Waals surface area contributed by atoms with Gasteiger partial charge in [-0.15, -0.1) is 0 Å². The molecule has 3 aromatic rings. The molecule has 0 aliphatic carbocycles. The SMILES string of the molecule is COc1ccc(C=NNC(=O)CNc2ccc3ccccc3c2)cc1Br. The van der Waals surface area contributed by atoms with Crippen LogP contribution in [0.25, 0.3) is 10.8 Å². The number of ether oxygens (including phenoxy) is 1. The summed E-state index contributed by atoms with van der Waals surface area (Å²) in [5.41, 5.74) is 4.25. The molecule has 0 spiro atoms. The number of carbonyl (C=O) groups excluding carboxylic acids is 1. The largest absolute Gasteiger partial charge is 0.496 e. The Morgan fingerprint density at radius 2 is 1.92 bits per heavy atom. The first-order valence-corrected chi connectivity index (χ1v) is 8.83. The summed E-state index contributed by atoms with van der Waals surface area (Å²) in [7, 11) is 1.61. The number of amides is 1. The first kappa shape index (κ1) is 17.9. The van der Waals surface area contributed by atoms with Crippen molar-refractivity contribution in [1.82, 2.24) is 5.43 Å². The van der Waals surface area contributed by atoms with Gasteiger partial charge in [-0.3, -0.25) is 4.79 Å². The normalized spacial score (nSPS) is 10.8. The van der Waals surface area contributed by atoms with Gasteiger partial charge in [-0.2, -0.15) is 5.10 Å². The quantitative estimate of drug-likeness (QED) is 0.472. The first-order valence-electron chi connectivity index (χ1n) is 8.04. The summed E-state index contributed by atoms with van der Waals surface area (Å²) < 4.78 is 6.00. The Kier molecular flexibility index (Phi) is 5.86. The van der Waals surface area contributed by atoms with Crippen LogP contribution in [0.2, 0.25) is 0 Å². The molecular weight excluding hydrogens is 394 g/mol. The third-order valence-electron chi connectivity index (χ3n) is 3.78. The smallest absolute Gasteiger partial charge is 0.259 e. The van der Waals surface area contributed by atoms with Gasteiger partial charge in [-0.1, -0.05) is 30.3 Å². The second kappa shape index (κ2) is 8.49. The molecule has 0 saturated heterocycles. The molecule has 0 fully saturated rings. The first-order chi connectivity index (χ1) is 12.7. The van der Waals surface area contributed by atoms with E-state index in [0.29, 0.717) is 0 Å². The highest BCUT2D eigenvalue weighted by Gasteiger charge is 2.02. The van der Waals surface area contributed by atoms with E-state index < -0.39 is 0 Å². The Morgan fingerprint density at radius 3 is 2.69 bits per heavy atom. The van der Waals surface area contributed by atoms with E-state index in [1.165, 1.54) is 0 Å². The van der Waals surface area contributed by atoms with Crippen LogP contribution < -0.4 is 15.5 Å². The average molecular weight is 412 g/mol. The number of fused-ring (bicyclic) bond motifs is 1. The monoisotopic (exact) mass is 411 g/mol. The van der Waals surface area contributed by atoms with Crippen molar-refractivity contribution in [2.75, 3.05) is 19.0 Å². The lowest BCUT2D eigenvalue weighted by atomic mass is 10.1. The van der Waals surface area contributed by atoms with Gasteiger partial charge in [0.2, 0.25) is 0 Å². The summed E-state index contributed by atoms with van der Waals surface area (Å²) in [6.45, 7) is 0.141. The van der Waals surface area contributed by atoms with Gasteiger partial charge in [0, 0.05) is 5.69 Å². The van der Waals surface area contributed by atoms with Crippen LogP contribution in [0, 0.1) is 0 Å². The highest BCUT2D eigenvalue weighted by molar-refractivity contribution is 9.10. The molecule has 3 aromatic carbocycles. The summed E-state index contributed by atoms with van der Waals surface area (Å²) in [5.74, 6) is 0.521. The molecule has 5 nitrogen and oxygen atoms in total. The standard InChI is InChI=1S/C20H18BrN3O2/c1-26-19-9-6-14(10-18(19)21)12-23-24-20(25)13-22-17-8-7-15-4-2-3-5-16(15)11-17/h2-12,22H,13H2,1H3,(H,24,25). The molecule has 0 aromatic heterocycles. The number of halogens is 1. The molecule has 0 aliphatic heterocycles. The number of hydrogen-bond acceptors (Lipinski definition) is 4. The number of hydrogen-bond donors (Lipinski definition) is 2. The summed E-state index contributed by atoms with van der Waals surface area (Å²) >= 11 is 3.41. The van der Waals surface area contributed by atoms with Crippen molar-refractivity contribution in [3.05, 3.63) is 70.7 Å². The topological polar surface area (TPSA) is 62.7 Å². The summed E-state index contributed by atoms with van der Waals surface area (Å²) in [6.07, 6.45) is 1.58. The van der Waals surface area contributed by atoms with Crippen molar-refractivity contribution in [1.29, 1.82) is 0 Å². The van der Waals surface area contributed by atoms with Gasteiger partial charge in [-0.05, 0) is 62.6 Å². The molecule has 1 amide bonds. The number of carbonyl (C=O) groups is 1. The van der Waals surface area contributed by atoms with E-state index in [-0.39, 0.29) is 12.5 Å². The maximum absolute atomic E-state index is 11.9. The fourth-order valence-electron chi connectivity index (χ4n) is 2.46. The molecule has 6 heteroatoms. The van der Waals surface area contributed by atoms with Gasteiger partial charge in [0.25, 0.3) is 5.91 Å². The van der Waals surface area contributed by atoms with Crippen molar-refractivity contribution in [2.24, 2.45) is 5.10 Å². The lowest BCUT2D eigenvalue weighted by Gasteiger charge is -2.07. The van der Waals surface area contributed by atoms with Gasteiger partial charge in [-0.25, -0.2) is 5.43 Å². The number of hydrazone groups is 1. The highest BCUT2D eigenvalue weighted by Crippen LogP contribution is 2.24. The lowest BCUT2D eigenvalue weighted by molar-refractivity contribution is -0.119. The van der Waals surface area contributed by atoms with E-state index in [1.807, 2.05) is 54.6 Å². The van der Waals surface area contributed by atoms with Crippen LogP contribution in [0.3, 0.4) is 0 Å². The third kappa shape index (κ3) is 4.61. The molecule has 132 valence electrons.